The molecule has 0 heterocycles. The molecule has 0 saturated heterocycles. The number of carbonyl (C=O) groups excluding carboxylic acids is 2. The molecule has 0 radical (unpaired) electrons. The Hall–Kier alpha value is -1.58. The molecule has 0 rings (SSSR count). The lowest BCUT2D eigenvalue weighted by molar-refractivity contribution is -0.140. The molecule has 4 nitrogen and oxygen atoms in total. The summed E-state index contributed by atoms with van der Waals surface area (Å²) in [5.41, 5.74) is 0.482. The maximum atomic E-state index is 11.1. The van der Waals surface area contributed by atoms with E-state index < -0.39 is 5.97 Å². The van der Waals surface area contributed by atoms with Crippen molar-refractivity contribution in [3.8, 4) is 0 Å². The zero-order valence-corrected chi connectivity index (χ0v) is 13.2. The smallest absolute Gasteiger partial charge is 0.333 e. The lowest BCUT2D eigenvalue weighted by Gasteiger charge is -2.14. The summed E-state index contributed by atoms with van der Waals surface area (Å²) in [4.78, 5) is 21.0. The van der Waals surface area contributed by atoms with Gasteiger partial charge in [0.05, 0.1) is 13.7 Å². The van der Waals surface area contributed by atoms with E-state index in [1.807, 2.05) is 0 Å². The lowest BCUT2D eigenvalue weighted by atomic mass is 10.0. The third kappa shape index (κ3) is 12.9. The van der Waals surface area contributed by atoms with Gasteiger partial charge in [0.1, 0.15) is 0 Å². The second-order valence-electron chi connectivity index (χ2n) is 4.52. The largest absolute Gasteiger partial charge is 0.466 e. The first-order valence-electron chi connectivity index (χ1n) is 6.95. The van der Waals surface area contributed by atoms with Crippen molar-refractivity contribution in [2.24, 2.45) is 5.92 Å². The molecule has 0 amide bonds. The van der Waals surface area contributed by atoms with Gasteiger partial charge in [0, 0.05) is 11.6 Å². The Kier molecular flexibility index (Phi) is 14.3. The van der Waals surface area contributed by atoms with Gasteiger partial charge in [-0.3, -0.25) is 0 Å². The zero-order chi connectivity index (χ0) is 16.0. The number of hydrogen-bond donors (Lipinski definition) is 0. The van der Waals surface area contributed by atoms with Gasteiger partial charge in [-0.2, -0.15) is 0 Å². The predicted octanol–water partition coefficient (Wildman–Crippen LogP) is 3.67. The van der Waals surface area contributed by atoms with E-state index >= 15 is 0 Å². The Morgan fingerprint density at radius 3 is 2.20 bits per heavy atom. The Morgan fingerprint density at radius 1 is 1.30 bits per heavy atom. The van der Waals surface area contributed by atoms with Crippen molar-refractivity contribution in [1.29, 1.82) is 0 Å². The van der Waals surface area contributed by atoms with E-state index in [2.05, 4.69) is 31.7 Å². The molecule has 0 bridgehead atoms. The highest BCUT2D eigenvalue weighted by Crippen LogP contribution is 2.13. The summed E-state index contributed by atoms with van der Waals surface area (Å²) in [5, 5.41) is 0. The predicted molar refractivity (Wildman–Crippen MR) is 81.3 cm³/mol. The van der Waals surface area contributed by atoms with Gasteiger partial charge < -0.3 is 9.47 Å². The molecular formula is C16H28O4. The summed E-state index contributed by atoms with van der Waals surface area (Å²) in [7, 11) is 1.31. The summed E-state index contributed by atoms with van der Waals surface area (Å²) < 4.78 is 9.26. The average molecular weight is 284 g/mol. The van der Waals surface area contributed by atoms with Crippen LogP contribution in [-0.2, 0) is 19.1 Å². The number of unbranched alkanes of at least 4 members (excludes halogenated alkanes) is 1. The molecule has 0 aliphatic heterocycles. The van der Waals surface area contributed by atoms with Crippen molar-refractivity contribution in [2.45, 2.75) is 46.5 Å². The third-order valence-corrected chi connectivity index (χ3v) is 2.71. The molecule has 1 unspecified atom stereocenters. The van der Waals surface area contributed by atoms with E-state index in [4.69, 9.17) is 4.74 Å². The van der Waals surface area contributed by atoms with Gasteiger partial charge in [0.15, 0.2) is 0 Å². The zero-order valence-electron chi connectivity index (χ0n) is 13.2. The van der Waals surface area contributed by atoms with Crippen molar-refractivity contribution >= 4 is 11.9 Å². The second kappa shape index (κ2) is 13.8. The molecule has 0 aromatic carbocycles. The Morgan fingerprint density at radius 2 is 1.90 bits per heavy atom. The number of methoxy groups -OCH3 is 1. The third-order valence-electron chi connectivity index (χ3n) is 2.71. The van der Waals surface area contributed by atoms with Crippen LogP contribution in [0.3, 0.4) is 0 Å². The monoisotopic (exact) mass is 284 g/mol. The van der Waals surface area contributed by atoms with E-state index in [-0.39, 0.29) is 5.97 Å². The van der Waals surface area contributed by atoms with Crippen LogP contribution in [0.5, 0.6) is 0 Å². The maximum absolute atomic E-state index is 11.1. The van der Waals surface area contributed by atoms with Gasteiger partial charge in [-0.1, -0.05) is 46.3 Å². The molecule has 0 aromatic rings. The van der Waals surface area contributed by atoms with Crippen LogP contribution >= 0.6 is 0 Å². The van der Waals surface area contributed by atoms with Crippen molar-refractivity contribution in [2.75, 3.05) is 13.7 Å². The van der Waals surface area contributed by atoms with Crippen molar-refractivity contribution < 1.29 is 19.1 Å². The normalized spacial score (nSPS) is 10.6. The van der Waals surface area contributed by atoms with Crippen LogP contribution in [0.2, 0.25) is 0 Å². The molecule has 0 N–H and O–H groups in total. The topological polar surface area (TPSA) is 52.6 Å². The van der Waals surface area contributed by atoms with E-state index in [0.29, 0.717) is 18.1 Å². The average Bonchev–Trinajstić information content (AvgIpc) is 2.46. The SMILES string of the molecule is C=C(C)C(=O)OCC(CC)CCCC.C=CC(=O)OC. The highest BCUT2D eigenvalue weighted by molar-refractivity contribution is 5.86. The van der Waals surface area contributed by atoms with Crippen LogP contribution in [0.15, 0.2) is 24.8 Å². The van der Waals surface area contributed by atoms with Crippen molar-refractivity contribution in [1.82, 2.24) is 0 Å². The van der Waals surface area contributed by atoms with E-state index in [1.54, 1.807) is 6.92 Å². The van der Waals surface area contributed by atoms with Gasteiger partial charge >= 0.3 is 11.9 Å². The number of rotatable bonds is 8. The van der Waals surface area contributed by atoms with Gasteiger partial charge in [0.25, 0.3) is 0 Å². The Balaban J connectivity index is 0. The molecule has 0 aliphatic carbocycles. The first kappa shape index (κ1) is 20.7. The Bertz CT molecular complexity index is 308. The fourth-order valence-corrected chi connectivity index (χ4v) is 1.30. The fourth-order valence-electron chi connectivity index (χ4n) is 1.30. The quantitative estimate of drug-likeness (QED) is 0.504. The van der Waals surface area contributed by atoms with Gasteiger partial charge in [-0.15, -0.1) is 0 Å². The van der Waals surface area contributed by atoms with Crippen LogP contribution in [0.25, 0.3) is 0 Å². The fraction of sp³-hybridized carbons (Fsp3) is 0.625. The lowest BCUT2D eigenvalue weighted by Crippen LogP contribution is -2.14. The maximum Gasteiger partial charge on any atom is 0.333 e. The highest BCUT2D eigenvalue weighted by atomic mass is 16.5. The molecule has 0 aromatic heterocycles. The number of carbonyl (C=O) groups is 2. The van der Waals surface area contributed by atoms with Crippen LogP contribution in [0, 0.1) is 5.92 Å². The molecule has 0 aliphatic rings. The minimum Gasteiger partial charge on any atom is -0.466 e. The summed E-state index contributed by atoms with van der Waals surface area (Å²) in [6.45, 7) is 13.2. The van der Waals surface area contributed by atoms with Gasteiger partial charge in [0.2, 0.25) is 0 Å². The molecule has 0 fully saturated rings. The molecule has 0 spiro atoms. The minimum atomic E-state index is -0.394. The van der Waals surface area contributed by atoms with E-state index in [1.165, 1.54) is 20.0 Å². The van der Waals surface area contributed by atoms with Gasteiger partial charge in [-0.05, 0) is 19.3 Å². The standard InChI is InChI=1S/C12H22O2.C4H6O2/c1-5-7-8-11(6-2)9-14-12(13)10(3)4;1-3-4(5)6-2/h11H,3,5-9H2,1-2,4H3;3H,1H2,2H3. The second-order valence-corrected chi connectivity index (χ2v) is 4.52. The summed E-state index contributed by atoms with van der Waals surface area (Å²) in [6.07, 6.45) is 5.74. The molecule has 4 heteroatoms. The molecule has 1 atom stereocenters. The first-order chi connectivity index (χ1) is 9.42. The van der Waals surface area contributed by atoms with Crippen molar-refractivity contribution in [3.63, 3.8) is 0 Å². The summed E-state index contributed by atoms with van der Waals surface area (Å²) in [6, 6.07) is 0. The van der Waals surface area contributed by atoms with Crippen LogP contribution in [0.1, 0.15) is 46.5 Å². The Labute approximate surface area is 122 Å². The molecular weight excluding hydrogens is 256 g/mol. The first-order valence-corrected chi connectivity index (χ1v) is 6.95. The van der Waals surface area contributed by atoms with Gasteiger partial charge in [-0.25, -0.2) is 9.59 Å². The number of hydrogen-bond acceptors (Lipinski definition) is 4. The number of ether oxygens (including phenoxy) is 2. The van der Waals surface area contributed by atoms with E-state index in [0.717, 1.165) is 18.9 Å². The van der Waals surface area contributed by atoms with Crippen LogP contribution < -0.4 is 0 Å². The number of esters is 2. The molecule has 20 heavy (non-hydrogen) atoms. The summed E-state index contributed by atoms with van der Waals surface area (Å²) in [5.74, 6) is -0.145. The van der Waals surface area contributed by atoms with Crippen LogP contribution in [0.4, 0.5) is 0 Å². The van der Waals surface area contributed by atoms with Crippen molar-refractivity contribution in [3.05, 3.63) is 24.8 Å². The molecule has 116 valence electrons. The highest BCUT2D eigenvalue weighted by Gasteiger charge is 2.09. The van der Waals surface area contributed by atoms with E-state index in [9.17, 15) is 9.59 Å². The summed E-state index contributed by atoms with van der Waals surface area (Å²) >= 11 is 0. The minimum absolute atomic E-state index is 0.264. The molecule has 0 saturated carbocycles. The van der Waals surface area contributed by atoms with Crippen LogP contribution in [-0.4, -0.2) is 25.7 Å².